The maximum absolute atomic E-state index is 12.6. The number of hydrogen-bond donors (Lipinski definition) is 0. The summed E-state index contributed by atoms with van der Waals surface area (Å²) in [6.07, 6.45) is 1.60. The van der Waals surface area contributed by atoms with E-state index in [9.17, 15) is 4.79 Å². The Kier molecular flexibility index (Phi) is 3.44. The number of likely N-dealkylation sites (N-methyl/N-ethyl adjacent to an activating group) is 1. The Morgan fingerprint density at radius 3 is 2.60 bits per heavy atom. The number of carbonyl (C=O) groups is 1. The van der Waals surface area contributed by atoms with Crippen molar-refractivity contribution < 1.29 is 4.79 Å². The fraction of sp³-hybridized carbons (Fsp3) is 0.200. The summed E-state index contributed by atoms with van der Waals surface area (Å²) in [6, 6.07) is 11.5. The molecule has 0 radical (unpaired) electrons. The number of para-hydroxylation sites is 2. The van der Waals surface area contributed by atoms with Gasteiger partial charge in [-0.1, -0.05) is 12.1 Å². The molecule has 0 saturated carbocycles. The highest BCUT2D eigenvalue weighted by Crippen LogP contribution is 2.32. The first-order valence-corrected chi connectivity index (χ1v) is 7.20. The van der Waals surface area contributed by atoms with Crippen molar-refractivity contribution in [3.8, 4) is 0 Å². The fourth-order valence-electron chi connectivity index (χ4n) is 2.38. The lowest BCUT2D eigenvalue weighted by Gasteiger charge is -2.35. The number of pyridine rings is 1. The molecule has 0 spiro atoms. The number of anilines is 2. The Bertz CT molecular complexity index is 642. The molecule has 4 nitrogen and oxygen atoms in total. The van der Waals surface area contributed by atoms with Gasteiger partial charge in [-0.15, -0.1) is 0 Å². The molecule has 3 rings (SSSR count). The van der Waals surface area contributed by atoms with E-state index < -0.39 is 0 Å². The van der Waals surface area contributed by atoms with Crippen molar-refractivity contribution >= 4 is 33.2 Å². The van der Waals surface area contributed by atoms with Crippen LogP contribution in [0, 0.1) is 0 Å². The van der Waals surface area contributed by atoms with Gasteiger partial charge in [0.25, 0.3) is 5.91 Å². The molecule has 102 valence electrons. The molecule has 0 bridgehead atoms. The highest BCUT2D eigenvalue weighted by atomic mass is 79.9. The van der Waals surface area contributed by atoms with E-state index in [0.717, 1.165) is 22.5 Å². The monoisotopic (exact) mass is 331 g/mol. The van der Waals surface area contributed by atoms with Crippen LogP contribution >= 0.6 is 15.9 Å². The largest absolute Gasteiger partial charge is 0.371 e. The third kappa shape index (κ3) is 2.29. The summed E-state index contributed by atoms with van der Waals surface area (Å²) in [7, 11) is 2.04. The molecule has 2 aromatic rings. The van der Waals surface area contributed by atoms with Crippen molar-refractivity contribution in [2.45, 2.75) is 0 Å². The Labute approximate surface area is 126 Å². The van der Waals surface area contributed by atoms with E-state index >= 15 is 0 Å². The number of hydrogen-bond acceptors (Lipinski definition) is 3. The zero-order valence-electron chi connectivity index (χ0n) is 11.1. The number of rotatable bonds is 1. The third-order valence-electron chi connectivity index (χ3n) is 3.46. The summed E-state index contributed by atoms with van der Waals surface area (Å²) in [4.78, 5) is 20.7. The van der Waals surface area contributed by atoms with Gasteiger partial charge in [-0.2, -0.15) is 0 Å². The van der Waals surface area contributed by atoms with Crippen LogP contribution in [0.25, 0.3) is 0 Å². The molecule has 0 unspecified atom stereocenters. The van der Waals surface area contributed by atoms with E-state index in [1.165, 1.54) is 0 Å². The number of nitrogens with zero attached hydrogens (tertiary/aromatic N) is 3. The molecule has 0 saturated heterocycles. The lowest BCUT2D eigenvalue weighted by Crippen LogP contribution is -2.42. The van der Waals surface area contributed by atoms with E-state index in [2.05, 4.69) is 25.8 Å². The van der Waals surface area contributed by atoms with Gasteiger partial charge in [0.1, 0.15) is 4.60 Å². The first-order chi connectivity index (χ1) is 9.66. The van der Waals surface area contributed by atoms with Crippen LogP contribution in [-0.2, 0) is 0 Å². The molecule has 1 aliphatic rings. The lowest BCUT2D eigenvalue weighted by molar-refractivity contribution is 0.0986. The minimum absolute atomic E-state index is 0.00875. The molecular formula is C15H14BrN3O. The lowest BCUT2D eigenvalue weighted by atomic mass is 10.1. The molecule has 0 atom stereocenters. The minimum atomic E-state index is -0.00875. The van der Waals surface area contributed by atoms with E-state index in [1.54, 1.807) is 18.3 Å². The highest BCUT2D eigenvalue weighted by molar-refractivity contribution is 9.10. The Hall–Kier alpha value is -1.88. The zero-order chi connectivity index (χ0) is 14.1. The standard InChI is InChI=1S/C15H14BrN3O/c1-18-8-9-19(13-5-3-2-4-12(13)18)15(20)11-6-7-14(16)17-10-11/h2-7,10H,8-9H2,1H3. The van der Waals surface area contributed by atoms with Crippen molar-refractivity contribution in [1.82, 2.24) is 4.98 Å². The third-order valence-corrected chi connectivity index (χ3v) is 3.93. The van der Waals surface area contributed by atoms with Gasteiger partial charge in [0.05, 0.1) is 16.9 Å². The van der Waals surface area contributed by atoms with Crippen LogP contribution in [0.5, 0.6) is 0 Å². The molecule has 1 aliphatic heterocycles. The topological polar surface area (TPSA) is 36.4 Å². The average Bonchev–Trinajstić information content (AvgIpc) is 2.48. The molecule has 0 N–H and O–H groups in total. The zero-order valence-corrected chi connectivity index (χ0v) is 12.7. The quantitative estimate of drug-likeness (QED) is 0.754. The minimum Gasteiger partial charge on any atom is -0.371 e. The smallest absolute Gasteiger partial charge is 0.259 e. The van der Waals surface area contributed by atoms with Crippen molar-refractivity contribution in [3.05, 3.63) is 52.8 Å². The van der Waals surface area contributed by atoms with E-state index in [-0.39, 0.29) is 5.91 Å². The molecule has 20 heavy (non-hydrogen) atoms. The fourth-order valence-corrected chi connectivity index (χ4v) is 2.61. The van der Waals surface area contributed by atoms with Crippen LogP contribution in [0.4, 0.5) is 11.4 Å². The SMILES string of the molecule is CN1CCN(C(=O)c2ccc(Br)nc2)c2ccccc21. The first kappa shape index (κ1) is 13.1. The van der Waals surface area contributed by atoms with Gasteiger partial charge in [-0.25, -0.2) is 4.98 Å². The second-order valence-corrected chi connectivity index (χ2v) is 5.55. The van der Waals surface area contributed by atoms with Gasteiger partial charge < -0.3 is 9.80 Å². The van der Waals surface area contributed by atoms with Crippen LogP contribution in [0.3, 0.4) is 0 Å². The van der Waals surface area contributed by atoms with Gasteiger partial charge in [-0.3, -0.25) is 4.79 Å². The Morgan fingerprint density at radius 2 is 1.90 bits per heavy atom. The second kappa shape index (κ2) is 5.25. The van der Waals surface area contributed by atoms with Crippen molar-refractivity contribution in [3.63, 3.8) is 0 Å². The summed E-state index contributed by atoms with van der Waals surface area (Å²) in [5, 5.41) is 0. The summed E-state index contributed by atoms with van der Waals surface area (Å²) in [6.45, 7) is 1.51. The maximum atomic E-state index is 12.6. The van der Waals surface area contributed by atoms with Crippen LogP contribution in [0.1, 0.15) is 10.4 Å². The van der Waals surface area contributed by atoms with E-state index in [4.69, 9.17) is 0 Å². The number of halogens is 1. The van der Waals surface area contributed by atoms with Crippen molar-refractivity contribution in [2.75, 3.05) is 29.9 Å². The number of amides is 1. The molecular weight excluding hydrogens is 318 g/mol. The number of benzene rings is 1. The molecule has 1 aromatic carbocycles. The summed E-state index contributed by atoms with van der Waals surface area (Å²) in [5.74, 6) is -0.00875. The summed E-state index contributed by atoms with van der Waals surface area (Å²) >= 11 is 3.28. The van der Waals surface area contributed by atoms with Gasteiger partial charge >= 0.3 is 0 Å². The maximum Gasteiger partial charge on any atom is 0.259 e. The molecule has 5 heteroatoms. The predicted octanol–water partition coefficient (Wildman–Crippen LogP) is 2.94. The van der Waals surface area contributed by atoms with E-state index in [1.807, 2.05) is 36.2 Å². The van der Waals surface area contributed by atoms with Crippen LogP contribution < -0.4 is 9.80 Å². The molecule has 1 amide bonds. The molecule has 1 aromatic heterocycles. The molecule has 0 aliphatic carbocycles. The Morgan fingerprint density at radius 1 is 1.15 bits per heavy atom. The van der Waals surface area contributed by atoms with Crippen LogP contribution in [0.2, 0.25) is 0 Å². The Balaban J connectivity index is 1.97. The van der Waals surface area contributed by atoms with Crippen molar-refractivity contribution in [1.29, 1.82) is 0 Å². The van der Waals surface area contributed by atoms with Gasteiger partial charge in [0.2, 0.25) is 0 Å². The molecule has 0 fully saturated rings. The number of carbonyl (C=O) groups excluding carboxylic acids is 1. The van der Waals surface area contributed by atoms with Crippen LogP contribution in [-0.4, -0.2) is 31.0 Å². The van der Waals surface area contributed by atoms with E-state index in [0.29, 0.717) is 12.1 Å². The highest BCUT2D eigenvalue weighted by Gasteiger charge is 2.25. The van der Waals surface area contributed by atoms with Crippen LogP contribution in [0.15, 0.2) is 47.2 Å². The van der Waals surface area contributed by atoms with Gasteiger partial charge in [-0.05, 0) is 40.2 Å². The first-order valence-electron chi connectivity index (χ1n) is 6.40. The second-order valence-electron chi connectivity index (χ2n) is 4.74. The van der Waals surface area contributed by atoms with Crippen molar-refractivity contribution in [2.24, 2.45) is 0 Å². The average molecular weight is 332 g/mol. The number of aromatic nitrogens is 1. The van der Waals surface area contributed by atoms with Gasteiger partial charge in [0, 0.05) is 26.3 Å². The number of fused-ring (bicyclic) bond motifs is 1. The summed E-state index contributed by atoms with van der Waals surface area (Å²) in [5.41, 5.74) is 2.64. The van der Waals surface area contributed by atoms with Gasteiger partial charge in [0.15, 0.2) is 0 Å². The molecule has 2 heterocycles. The summed E-state index contributed by atoms with van der Waals surface area (Å²) < 4.78 is 0.729. The predicted molar refractivity (Wildman–Crippen MR) is 83.3 cm³/mol. The normalized spacial score (nSPS) is 14.1.